The summed E-state index contributed by atoms with van der Waals surface area (Å²) < 4.78 is 10.6. The molecule has 0 aliphatic carbocycles. The molecule has 0 spiro atoms. The van der Waals surface area contributed by atoms with Gasteiger partial charge in [0.25, 0.3) is 5.56 Å². The predicted octanol–water partition coefficient (Wildman–Crippen LogP) is 2.74. The molecule has 0 unspecified atom stereocenters. The van der Waals surface area contributed by atoms with Crippen molar-refractivity contribution in [1.29, 1.82) is 0 Å². The van der Waals surface area contributed by atoms with Gasteiger partial charge in [-0.25, -0.2) is 5.10 Å². The van der Waals surface area contributed by atoms with Gasteiger partial charge in [0.05, 0.1) is 17.5 Å². The minimum absolute atomic E-state index is 0.0295. The van der Waals surface area contributed by atoms with Gasteiger partial charge in [-0.2, -0.15) is 5.10 Å². The highest BCUT2D eigenvalue weighted by atomic mass is 35.5. The number of halogens is 1. The van der Waals surface area contributed by atoms with Crippen LogP contribution in [0.15, 0.2) is 53.3 Å². The lowest BCUT2D eigenvalue weighted by molar-refractivity contribution is -0.143. The Labute approximate surface area is 148 Å². The molecule has 2 aromatic carbocycles. The fourth-order valence-corrected chi connectivity index (χ4v) is 2.47. The fraction of sp³-hybridized carbons (Fsp3) is 0.167. The molecule has 6 nitrogen and oxygen atoms in total. The summed E-state index contributed by atoms with van der Waals surface area (Å²) in [5.41, 5.74) is 0.183. The number of aromatic nitrogens is 2. The van der Waals surface area contributed by atoms with E-state index in [1.54, 1.807) is 48.5 Å². The summed E-state index contributed by atoms with van der Waals surface area (Å²) in [4.78, 5) is 23.7. The average Bonchev–Trinajstić information content (AvgIpc) is 2.63. The van der Waals surface area contributed by atoms with Crippen LogP contribution in [0.3, 0.4) is 0 Å². The number of hydrogen-bond donors (Lipinski definition) is 1. The third kappa shape index (κ3) is 4.36. The number of aromatic amines is 1. The Bertz CT molecular complexity index is 938. The normalized spacial score (nSPS) is 10.6. The number of carbonyl (C=O) groups excluding carboxylic acids is 1. The number of benzene rings is 2. The topological polar surface area (TPSA) is 81.3 Å². The van der Waals surface area contributed by atoms with Gasteiger partial charge < -0.3 is 9.47 Å². The zero-order valence-electron chi connectivity index (χ0n) is 13.2. The van der Waals surface area contributed by atoms with E-state index in [1.807, 2.05) is 0 Å². The van der Waals surface area contributed by atoms with Gasteiger partial charge in [-0.05, 0) is 30.3 Å². The monoisotopic (exact) mass is 358 g/mol. The molecule has 1 N–H and O–H groups in total. The number of esters is 1. The van der Waals surface area contributed by atoms with Crippen LogP contribution in [0.4, 0.5) is 0 Å². The van der Waals surface area contributed by atoms with E-state index in [4.69, 9.17) is 21.1 Å². The molecule has 0 aliphatic heterocycles. The van der Waals surface area contributed by atoms with Crippen LogP contribution in [0, 0.1) is 0 Å². The van der Waals surface area contributed by atoms with Crippen LogP contribution < -0.4 is 10.3 Å². The van der Waals surface area contributed by atoms with E-state index in [2.05, 4.69) is 10.2 Å². The van der Waals surface area contributed by atoms with E-state index in [9.17, 15) is 9.59 Å². The molecule has 0 saturated carbocycles. The molecule has 0 fully saturated rings. The first-order valence-corrected chi connectivity index (χ1v) is 8.01. The van der Waals surface area contributed by atoms with Crippen LogP contribution in [-0.2, 0) is 16.0 Å². The third-order valence-corrected chi connectivity index (χ3v) is 3.77. The summed E-state index contributed by atoms with van der Waals surface area (Å²) in [5, 5.41) is 8.10. The maximum atomic E-state index is 12.0. The molecule has 0 radical (unpaired) electrons. The van der Waals surface area contributed by atoms with E-state index in [0.717, 1.165) is 0 Å². The van der Waals surface area contributed by atoms with Crippen LogP contribution in [0.25, 0.3) is 10.8 Å². The Morgan fingerprint density at radius 3 is 2.52 bits per heavy atom. The molecule has 0 amide bonds. The van der Waals surface area contributed by atoms with Crippen molar-refractivity contribution in [1.82, 2.24) is 10.2 Å². The molecule has 25 heavy (non-hydrogen) atoms. The lowest BCUT2D eigenvalue weighted by Crippen LogP contribution is -2.17. The molecule has 0 saturated heterocycles. The van der Waals surface area contributed by atoms with Crippen molar-refractivity contribution in [3.63, 3.8) is 0 Å². The molecule has 0 aliphatic rings. The fourth-order valence-electron chi connectivity index (χ4n) is 2.34. The number of rotatable bonds is 6. The van der Waals surface area contributed by atoms with Gasteiger partial charge in [-0.15, -0.1) is 0 Å². The van der Waals surface area contributed by atoms with Gasteiger partial charge in [0.1, 0.15) is 19.0 Å². The average molecular weight is 359 g/mol. The molecule has 0 atom stereocenters. The summed E-state index contributed by atoms with van der Waals surface area (Å²) in [6.07, 6.45) is -0.0295. The maximum Gasteiger partial charge on any atom is 0.312 e. The first kappa shape index (κ1) is 17.0. The van der Waals surface area contributed by atoms with Crippen molar-refractivity contribution in [3.8, 4) is 5.75 Å². The number of nitrogens with one attached hydrogen (secondary N) is 1. The lowest BCUT2D eigenvalue weighted by atomic mass is 10.1. The largest absolute Gasteiger partial charge is 0.490 e. The molecular weight excluding hydrogens is 344 g/mol. The van der Waals surface area contributed by atoms with Crippen molar-refractivity contribution in [3.05, 3.63) is 69.6 Å². The number of hydrogen-bond acceptors (Lipinski definition) is 5. The van der Waals surface area contributed by atoms with Crippen molar-refractivity contribution in [2.45, 2.75) is 6.42 Å². The summed E-state index contributed by atoms with van der Waals surface area (Å²) in [6.45, 7) is 0.343. The van der Waals surface area contributed by atoms with Gasteiger partial charge in [-0.3, -0.25) is 9.59 Å². The smallest absolute Gasteiger partial charge is 0.312 e. The quantitative estimate of drug-likeness (QED) is 0.541. The minimum Gasteiger partial charge on any atom is -0.490 e. The first-order chi connectivity index (χ1) is 12.1. The van der Waals surface area contributed by atoms with E-state index in [0.29, 0.717) is 27.2 Å². The SMILES string of the molecule is O=C(Cc1n[nH]c(=O)c2ccccc12)OCCOc1ccc(Cl)cc1. The second kappa shape index (κ2) is 7.81. The van der Waals surface area contributed by atoms with Gasteiger partial charge in [0, 0.05) is 10.4 Å². The van der Waals surface area contributed by atoms with Crippen molar-refractivity contribution >= 4 is 28.3 Å². The van der Waals surface area contributed by atoms with Crippen LogP contribution >= 0.6 is 11.6 Å². The van der Waals surface area contributed by atoms with Gasteiger partial charge in [-0.1, -0.05) is 29.8 Å². The molecule has 128 valence electrons. The van der Waals surface area contributed by atoms with Crippen molar-refractivity contribution in [2.24, 2.45) is 0 Å². The molecule has 0 bridgehead atoms. The van der Waals surface area contributed by atoms with Gasteiger partial charge in [0.15, 0.2) is 0 Å². The summed E-state index contributed by atoms with van der Waals surface area (Å²) in [7, 11) is 0. The van der Waals surface area contributed by atoms with E-state index >= 15 is 0 Å². The minimum atomic E-state index is -0.440. The first-order valence-electron chi connectivity index (χ1n) is 7.64. The Kier molecular flexibility index (Phi) is 5.30. The molecule has 3 rings (SSSR count). The number of nitrogens with zero attached hydrogens (tertiary/aromatic N) is 1. The summed E-state index contributed by atoms with van der Waals surface area (Å²) in [5.74, 6) is 0.207. The number of fused-ring (bicyclic) bond motifs is 1. The Morgan fingerprint density at radius 1 is 1.04 bits per heavy atom. The lowest BCUT2D eigenvalue weighted by Gasteiger charge is -2.08. The standard InChI is InChI=1S/C18H15ClN2O4/c19-12-5-7-13(8-6-12)24-9-10-25-17(22)11-16-14-3-1-2-4-15(14)18(23)21-20-16/h1-8H,9-11H2,(H,21,23). The van der Waals surface area contributed by atoms with E-state index in [1.165, 1.54) is 0 Å². The molecular formula is C18H15ClN2O4. The molecule has 7 heteroatoms. The van der Waals surface area contributed by atoms with Crippen LogP contribution in [0.5, 0.6) is 5.75 Å². The number of H-pyrrole nitrogens is 1. The van der Waals surface area contributed by atoms with E-state index < -0.39 is 5.97 Å². The molecule has 1 heterocycles. The van der Waals surface area contributed by atoms with Gasteiger partial charge in [0.2, 0.25) is 0 Å². The van der Waals surface area contributed by atoms with E-state index in [-0.39, 0.29) is 25.2 Å². The maximum absolute atomic E-state index is 12.0. The second-order valence-corrected chi connectivity index (χ2v) is 5.68. The third-order valence-electron chi connectivity index (χ3n) is 3.52. The number of ether oxygens (including phenoxy) is 2. The number of carbonyl (C=O) groups is 1. The summed E-state index contributed by atoms with van der Waals surface area (Å²) >= 11 is 5.79. The van der Waals surface area contributed by atoms with Gasteiger partial charge >= 0.3 is 5.97 Å². The van der Waals surface area contributed by atoms with Crippen molar-refractivity contribution < 1.29 is 14.3 Å². The highest BCUT2D eigenvalue weighted by Crippen LogP contribution is 2.15. The van der Waals surface area contributed by atoms with Crippen LogP contribution in [0.2, 0.25) is 5.02 Å². The predicted molar refractivity (Wildman–Crippen MR) is 94.0 cm³/mol. The summed E-state index contributed by atoms with van der Waals surface area (Å²) in [6, 6.07) is 13.9. The second-order valence-electron chi connectivity index (χ2n) is 5.24. The zero-order valence-corrected chi connectivity index (χ0v) is 14.0. The Hall–Kier alpha value is -2.86. The highest BCUT2D eigenvalue weighted by Gasteiger charge is 2.11. The Balaban J connectivity index is 1.54. The zero-order chi connectivity index (χ0) is 17.6. The Morgan fingerprint density at radius 2 is 1.76 bits per heavy atom. The van der Waals surface area contributed by atoms with Crippen LogP contribution in [0.1, 0.15) is 5.69 Å². The van der Waals surface area contributed by atoms with Crippen molar-refractivity contribution in [2.75, 3.05) is 13.2 Å². The van der Waals surface area contributed by atoms with Crippen LogP contribution in [-0.4, -0.2) is 29.4 Å². The highest BCUT2D eigenvalue weighted by molar-refractivity contribution is 6.30. The molecule has 1 aromatic heterocycles. The molecule has 3 aromatic rings.